The van der Waals surface area contributed by atoms with Gasteiger partial charge >= 0.3 is 11.9 Å². The Bertz CT molecular complexity index is 1150. The highest BCUT2D eigenvalue weighted by atomic mass is 16.6. The molecule has 0 bridgehead atoms. The molecule has 4 aliphatic rings. The Hall–Kier alpha value is -2.29. The summed E-state index contributed by atoms with van der Waals surface area (Å²) >= 11 is 0. The van der Waals surface area contributed by atoms with Crippen molar-refractivity contribution in [1.29, 1.82) is 0 Å². The van der Waals surface area contributed by atoms with Crippen molar-refractivity contribution in [2.45, 2.75) is 97.6 Å². The molecule has 216 valence electrons. The average Bonchev–Trinajstić information content (AvgIpc) is 3.54. The number of aliphatic hydroxyl groups is 2. The number of hydrogen-bond acceptors (Lipinski definition) is 7. The van der Waals surface area contributed by atoms with Gasteiger partial charge in [0.25, 0.3) is 0 Å². The second-order valence-corrected chi connectivity index (χ2v) is 13.1. The molecule has 39 heavy (non-hydrogen) atoms. The van der Waals surface area contributed by atoms with Gasteiger partial charge in [-0.25, -0.2) is 0 Å². The van der Waals surface area contributed by atoms with Crippen molar-refractivity contribution in [2.24, 2.45) is 34.0 Å². The lowest BCUT2D eigenvalue weighted by Crippen LogP contribution is -2.63. The lowest BCUT2D eigenvalue weighted by atomic mass is 9.43. The summed E-state index contributed by atoms with van der Waals surface area (Å²) in [6.45, 7) is 15.5. The molecule has 0 aromatic carbocycles. The van der Waals surface area contributed by atoms with E-state index in [1.165, 1.54) is 7.11 Å². The van der Waals surface area contributed by atoms with Crippen molar-refractivity contribution in [1.82, 2.24) is 0 Å². The first-order chi connectivity index (χ1) is 18.0. The smallest absolute Gasteiger partial charge is 0.306 e. The van der Waals surface area contributed by atoms with E-state index in [4.69, 9.17) is 9.47 Å². The molecule has 10 atom stereocenters. The van der Waals surface area contributed by atoms with Crippen LogP contribution in [-0.2, 0) is 23.9 Å². The minimum Gasteiger partial charge on any atom is -0.481 e. The summed E-state index contributed by atoms with van der Waals surface area (Å²) in [6.07, 6.45) is 3.06. The minimum absolute atomic E-state index is 0.00265. The number of ether oxygens (including phenoxy) is 2. The summed E-state index contributed by atoms with van der Waals surface area (Å²) in [5.74, 6) is -2.48. The highest BCUT2D eigenvalue weighted by molar-refractivity contribution is 5.99. The van der Waals surface area contributed by atoms with Crippen LogP contribution in [0.3, 0.4) is 0 Å². The Morgan fingerprint density at radius 1 is 1.23 bits per heavy atom. The van der Waals surface area contributed by atoms with Crippen LogP contribution in [0.25, 0.3) is 0 Å². The van der Waals surface area contributed by atoms with Crippen LogP contribution in [0.5, 0.6) is 0 Å². The predicted molar refractivity (Wildman–Crippen MR) is 144 cm³/mol. The summed E-state index contributed by atoms with van der Waals surface area (Å²) in [5, 5.41) is 31.6. The van der Waals surface area contributed by atoms with E-state index in [9.17, 15) is 29.7 Å². The summed E-state index contributed by atoms with van der Waals surface area (Å²) in [5.41, 5.74) is -0.833. The summed E-state index contributed by atoms with van der Waals surface area (Å²) in [7, 11) is 1.36. The molecule has 8 heteroatoms. The maximum absolute atomic E-state index is 14.3. The molecule has 1 heterocycles. The molecule has 3 fully saturated rings. The van der Waals surface area contributed by atoms with E-state index in [0.29, 0.717) is 19.3 Å². The molecular formula is C31H44O8. The number of carbonyl (C=O) groups excluding carboxylic acids is 2. The maximum Gasteiger partial charge on any atom is 0.306 e. The molecule has 0 aromatic heterocycles. The van der Waals surface area contributed by atoms with E-state index in [0.717, 1.165) is 16.7 Å². The number of fused-ring (bicyclic) bond motifs is 1. The molecule has 3 aliphatic carbocycles. The number of carboxylic acids is 1. The van der Waals surface area contributed by atoms with Gasteiger partial charge < -0.3 is 24.8 Å². The number of hydrogen-bond donors (Lipinski definition) is 3. The first-order valence-corrected chi connectivity index (χ1v) is 14.0. The van der Waals surface area contributed by atoms with Crippen molar-refractivity contribution in [3.8, 4) is 0 Å². The largest absolute Gasteiger partial charge is 0.481 e. The standard InChI is InChI=1S/C31H44O8/c1-16(2)20-14-25-31(39-25)22(28(20,5)10-9-26(35)38-8)15-23(33)29(6)21(13-24(34)30(29,31)7)17(3)11-19(32)12-18(4)27(36)37/h11,15,18-21,24-25,32,34H,1,9-10,12-14H2,2-8H3,(H,36,37)/b17-11-/t18-,19-,20-,21+,24+,25+,28-,29-,30+,31-/m0/s1. The minimum atomic E-state index is -1.01. The third-order valence-electron chi connectivity index (χ3n) is 11.1. The Kier molecular flexibility index (Phi) is 7.36. The fraction of sp³-hybridized carbons (Fsp3) is 0.710. The molecule has 1 spiro atoms. The van der Waals surface area contributed by atoms with Crippen molar-refractivity contribution < 1.29 is 39.2 Å². The second-order valence-electron chi connectivity index (χ2n) is 13.1. The lowest BCUT2D eigenvalue weighted by molar-refractivity contribution is -0.144. The van der Waals surface area contributed by atoms with Crippen LogP contribution in [0.4, 0.5) is 0 Å². The van der Waals surface area contributed by atoms with E-state index >= 15 is 0 Å². The van der Waals surface area contributed by atoms with Crippen molar-refractivity contribution in [2.75, 3.05) is 7.11 Å². The van der Waals surface area contributed by atoms with Crippen LogP contribution in [-0.4, -0.2) is 64.1 Å². The molecule has 0 aromatic rings. The fourth-order valence-electron chi connectivity index (χ4n) is 8.59. The predicted octanol–water partition coefficient (Wildman–Crippen LogP) is 4.00. The van der Waals surface area contributed by atoms with Gasteiger partial charge in [-0.1, -0.05) is 51.5 Å². The van der Waals surface area contributed by atoms with Crippen LogP contribution >= 0.6 is 0 Å². The summed E-state index contributed by atoms with van der Waals surface area (Å²) in [4.78, 5) is 37.7. The number of aliphatic hydroxyl groups excluding tert-OH is 2. The SMILES string of the molecule is C=C(C)[C@@H]1C[C@H]2O[C@@]23C(=CC(=O)[C@]2(C)[C@@H](/C(C)=C\[C@H](O)C[C@H](C)C(=O)O)C[C@@H](O)[C@]23C)[C@@]1(C)CCC(=O)OC. The van der Waals surface area contributed by atoms with E-state index in [1.807, 2.05) is 27.7 Å². The molecule has 3 N–H and O–H groups in total. The normalized spacial score (nSPS) is 42.4. The summed E-state index contributed by atoms with van der Waals surface area (Å²) < 4.78 is 11.5. The van der Waals surface area contributed by atoms with Crippen molar-refractivity contribution in [3.05, 3.63) is 35.5 Å². The molecule has 8 nitrogen and oxygen atoms in total. The molecule has 4 rings (SSSR count). The van der Waals surface area contributed by atoms with Gasteiger partial charge in [0.1, 0.15) is 5.60 Å². The fourth-order valence-corrected chi connectivity index (χ4v) is 8.59. The van der Waals surface area contributed by atoms with Gasteiger partial charge in [0.05, 0.1) is 31.3 Å². The van der Waals surface area contributed by atoms with Crippen LogP contribution in [0.1, 0.15) is 73.6 Å². The number of allylic oxidation sites excluding steroid dienone is 3. The monoisotopic (exact) mass is 544 g/mol. The van der Waals surface area contributed by atoms with E-state index in [-0.39, 0.29) is 42.5 Å². The van der Waals surface area contributed by atoms with Crippen molar-refractivity contribution in [3.63, 3.8) is 0 Å². The quantitative estimate of drug-likeness (QED) is 0.225. The van der Waals surface area contributed by atoms with Gasteiger partial charge in [-0.2, -0.15) is 0 Å². The van der Waals surface area contributed by atoms with Crippen LogP contribution in [0.2, 0.25) is 0 Å². The zero-order valence-electron chi connectivity index (χ0n) is 24.2. The van der Waals surface area contributed by atoms with E-state index in [2.05, 4.69) is 13.5 Å². The van der Waals surface area contributed by atoms with E-state index in [1.54, 1.807) is 19.1 Å². The first kappa shape index (κ1) is 29.7. The third kappa shape index (κ3) is 4.00. The number of epoxide rings is 1. The van der Waals surface area contributed by atoms with Crippen LogP contribution in [0, 0.1) is 34.0 Å². The van der Waals surface area contributed by atoms with Crippen molar-refractivity contribution >= 4 is 17.7 Å². The van der Waals surface area contributed by atoms with Gasteiger partial charge in [-0.05, 0) is 68.4 Å². The lowest BCUT2D eigenvalue weighted by Gasteiger charge is -2.57. The number of carbonyl (C=O) groups is 3. The number of aliphatic carboxylic acids is 1. The number of ketones is 1. The topological polar surface area (TPSA) is 134 Å². The molecule has 2 saturated carbocycles. The van der Waals surface area contributed by atoms with E-state index < -0.39 is 45.9 Å². The van der Waals surface area contributed by atoms with Gasteiger partial charge in [0.2, 0.25) is 0 Å². The molecule has 0 amide bonds. The zero-order valence-corrected chi connectivity index (χ0v) is 24.2. The van der Waals surface area contributed by atoms with Gasteiger partial charge in [0.15, 0.2) is 5.78 Å². The van der Waals surface area contributed by atoms with Gasteiger partial charge in [-0.15, -0.1) is 0 Å². The Labute approximate surface area is 231 Å². The first-order valence-electron chi connectivity index (χ1n) is 14.0. The average molecular weight is 545 g/mol. The Morgan fingerprint density at radius 3 is 2.44 bits per heavy atom. The molecule has 1 aliphatic heterocycles. The molecular weight excluding hydrogens is 500 g/mol. The Balaban J connectivity index is 1.79. The zero-order chi connectivity index (χ0) is 29.3. The number of rotatable bonds is 9. The number of carboxylic acid groups (broad SMARTS) is 1. The summed E-state index contributed by atoms with van der Waals surface area (Å²) in [6, 6.07) is 0. The van der Waals surface area contributed by atoms with Crippen LogP contribution < -0.4 is 0 Å². The Morgan fingerprint density at radius 2 is 1.87 bits per heavy atom. The number of methoxy groups -OCH3 is 1. The van der Waals surface area contributed by atoms with Gasteiger partial charge in [0, 0.05) is 17.3 Å². The third-order valence-corrected chi connectivity index (χ3v) is 11.1. The molecule has 1 saturated heterocycles. The second kappa shape index (κ2) is 9.67. The highest BCUT2D eigenvalue weighted by Crippen LogP contribution is 2.78. The van der Waals surface area contributed by atoms with Crippen LogP contribution in [0.15, 0.2) is 35.5 Å². The molecule has 0 unspecified atom stereocenters. The molecule has 0 radical (unpaired) electrons. The van der Waals surface area contributed by atoms with Gasteiger partial charge in [-0.3, -0.25) is 14.4 Å². The number of esters is 1. The maximum atomic E-state index is 14.3. The highest BCUT2D eigenvalue weighted by Gasteiger charge is 2.84.